The minimum Gasteiger partial charge on any atom is -0.360 e. The third kappa shape index (κ3) is 2.47. The molecule has 0 amide bonds. The van der Waals surface area contributed by atoms with Gasteiger partial charge >= 0.3 is 0 Å². The zero-order valence-electron chi connectivity index (χ0n) is 9.52. The molecule has 0 bridgehead atoms. The Balaban J connectivity index is 2.10. The van der Waals surface area contributed by atoms with Crippen LogP contribution < -0.4 is 5.32 Å². The van der Waals surface area contributed by atoms with Crippen LogP contribution in [0.1, 0.15) is 18.9 Å². The van der Waals surface area contributed by atoms with Crippen molar-refractivity contribution < 1.29 is 0 Å². The number of para-hydroxylation sites is 1. The number of hydrogen-bond acceptors (Lipinski definition) is 1. The Kier molecular flexibility index (Phi) is 4.02. The molecule has 86 valence electrons. The van der Waals surface area contributed by atoms with Crippen molar-refractivity contribution in [3.63, 3.8) is 0 Å². The quantitative estimate of drug-likeness (QED) is 0.807. The Bertz CT molecular complexity index is 462. The van der Waals surface area contributed by atoms with Crippen molar-refractivity contribution in [1.29, 1.82) is 0 Å². The van der Waals surface area contributed by atoms with Gasteiger partial charge in [-0.25, -0.2) is 0 Å². The van der Waals surface area contributed by atoms with E-state index in [0.717, 1.165) is 24.0 Å². The number of halogens is 1. The summed E-state index contributed by atoms with van der Waals surface area (Å²) in [7, 11) is 0. The molecule has 16 heavy (non-hydrogen) atoms. The van der Waals surface area contributed by atoms with E-state index >= 15 is 0 Å². The van der Waals surface area contributed by atoms with E-state index in [2.05, 4.69) is 57.6 Å². The summed E-state index contributed by atoms with van der Waals surface area (Å²) in [6, 6.07) is 6.34. The maximum Gasteiger partial charge on any atom is 0.0601 e. The first-order valence-electron chi connectivity index (χ1n) is 5.78. The molecule has 2 rings (SSSR count). The van der Waals surface area contributed by atoms with Gasteiger partial charge in [-0.1, -0.05) is 19.1 Å². The van der Waals surface area contributed by atoms with E-state index in [9.17, 15) is 0 Å². The number of aryl methyl sites for hydroxylation is 1. The molecule has 0 spiro atoms. The molecule has 0 aliphatic carbocycles. The van der Waals surface area contributed by atoms with Crippen LogP contribution in [0.25, 0.3) is 10.9 Å². The molecule has 2 N–H and O–H groups in total. The summed E-state index contributed by atoms with van der Waals surface area (Å²) in [5, 5.41) is 4.69. The van der Waals surface area contributed by atoms with Gasteiger partial charge in [0.2, 0.25) is 0 Å². The van der Waals surface area contributed by atoms with Crippen LogP contribution in [-0.4, -0.2) is 18.1 Å². The number of H-pyrrole nitrogens is 1. The highest BCUT2D eigenvalue weighted by molar-refractivity contribution is 9.10. The van der Waals surface area contributed by atoms with Gasteiger partial charge in [-0.2, -0.15) is 0 Å². The Hall–Kier alpha value is -0.800. The van der Waals surface area contributed by atoms with Gasteiger partial charge in [0.25, 0.3) is 0 Å². The van der Waals surface area contributed by atoms with Crippen LogP contribution in [0.2, 0.25) is 0 Å². The molecule has 2 nitrogen and oxygen atoms in total. The van der Waals surface area contributed by atoms with Crippen LogP contribution in [0.5, 0.6) is 0 Å². The Morgan fingerprint density at radius 3 is 3.06 bits per heavy atom. The molecule has 0 fully saturated rings. The first kappa shape index (κ1) is 11.7. The Morgan fingerprint density at radius 1 is 1.38 bits per heavy atom. The van der Waals surface area contributed by atoms with Gasteiger partial charge in [0.05, 0.1) is 5.52 Å². The lowest BCUT2D eigenvalue weighted by atomic mass is 10.1. The first-order chi connectivity index (χ1) is 7.83. The summed E-state index contributed by atoms with van der Waals surface area (Å²) in [4.78, 5) is 3.33. The van der Waals surface area contributed by atoms with Gasteiger partial charge in [-0.15, -0.1) is 0 Å². The number of nitrogens with one attached hydrogen (secondary N) is 2. The van der Waals surface area contributed by atoms with Gasteiger partial charge in [-0.3, -0.25) is 0 Å². The fourth-order valence-electron chi connectivity index (χ4n) is 1.96. The van der Waals surface area contributed by atoms with Gasteiger partial charge < -0.3 is 10.3 Å². The number of aromatic nitrogens is 1. The fourth-order valence-corrected chi connectivity index (χ4v) is 2.44. The highest BCUT2D eigenvalue weighted by Crippen LogP contribution is 2.26. The number of fused-ring (bicyclic) bond motifs is 1. The van der Waals surface area contributed by atoms with E-state index < -0.39 is 0 Å². The van der Waals surface area contributed by atoms with Crippen molar-refractivity contribution in [2.24, 2.45) is 0 Å². The molecule has 1 aromatic heterocycles. The van der Waals surface area contributed by atoms with Crippen molar-refractivity contribution in [1.82, 2.24) is 10.3 Å². The van der Waals surface area contributed by atoms with Crippen LogP contribution in [0, 0.1) is 0 Å². The minimum atomic E-state index is 1.05. The van der Waals surface area contributed by atoms with Crippen molar-refractivity contribution >= 4 is 26.8 Å². The molecule has 0 saturated carbocycles. The fraction of sp³-hybridized carbons (Fsp3) is 0.385. The first-order valence-corrected chi connectivity index (χ1v) is 6.57. The summed E-state index contributed by atoms with van der Waals surface area (Å²) >= 11 is 3.56. The summed E-state index contributed by atoms with van der Waals surface area (Å²) < 4.78 is 1.14. The highest BCUT2D eigenvalue weighted by Gasteiger charge is 2.05. The third-order valence-corrected chi connectivity index (χ3v) is 3.46. The number of aromatic amines is 1. The van der Waals surface area contributed by atoms with Crippen LogP contribution in [0.15, 0.2) is 28.9 Å². The largest absolute Gasteiger partial charge is 0.360 e. The molecule has 1 heterocycles. The van der Waals surface area contributed by atoms with Crippen molar-refractivity contribution in [3.8, 4) is 0 Å². The van der Waals surface area contributed by atoms with E-state index in [0.29, 0.717) is 0 Å². The lowest BCUT2D eigenvalue weighted by Gasteiger charge is -2.01. The molecule has 0 saturated heterocycles. The number of benzene rings is 1. The minimum absolute atomic E-state index is 1.05. The molecule has 0 atom stereocenters. The average molecular weight is 281 g/mol. The zero-order valence-corrected chi connectivity index (χ0v) is 11.1. The van der Waals surface area contributed by atoms with E-state index in [1.807, 2.05) is 0 Å². The van der Waals surface area contributed by atoms with Gasteiger partial charge in [0.15, 0.2) is 0 Å². The molecule has 1 aromatic carbocycles. The molecule has 0 aliphatic heterocycles. The standard InChI is InChI=1S/C13H17BrN2/c1-2-15-8-4-5-10-9-16-13-11(10)6-3-7-12(13)14/h3,6-7,9,15-16H,2,4-5,8H2,1H3. The summed E-state index contributed by atoms with van der Waals surface area (Å²) in [6.07, 6.45) is 4.44. The second-order valence-electron chi connectivity index (χ2n) is 3.93. The summed E-state index contributed by atoms with van der Waals surface area (Å²) in [5.74, 6) is 0. The maximum atomic E-state index is 3.56. The summed E-state index contributed by atoms with van der Waals surface area (Å²) in [5.41, 5.74) is 2.62. The smallest absolute Gasteiger partial charge is 0.0601 e. The van der Waals surface area contributed by atoms with E-state index in [1.165, 1.54) is 22.9 Å². The number of rotatable bonds is 5. The predicted molar refractivity (Wildman–Crippen MR) is 72.9 cm³/mol. The normalized spacial score (nSPS) is 11.1. The molecule has 0 unspecified atom stereocenters. The Labute approximate surface area is 105 Å². The zero-order chi connectivity index (χ0) is 11.4. The average Bonchev–Trinajstić information content (AvgIpc) is 2.70. The van der Waals surface area contributed by atoms with Crippen molar-refractivity contribution in [2.45, 2.75) is 19.8 Å². The van der Waals surface area contributed by atoms with E-state index in [1.54, 1.807) is 0 Å². The van der Waals surface area contributed by atoms with Crippen LogP contribution in [0.3, 0.4) is 0 Å². The van der Waals surface area contributed by atoms with Crippen molar-refractivity contribution in [3.05, 3.63) is 34.4 Å². The second kappa shape index (κ2) is 5.51. The SMILES string of the molecule is CCNCCCc1c[nH]c2c(Br)cccc12. The summed E-state index contributed by atoms with van der Waals surface area (Å²) in [6.45, 7) is 4.29. The Morgan fingerprint density at radius 2 is 2.25 bits per heavy atom. The van der Waals surface area contributed by atoms with Crippen LogP contribution >= 0.6 is 15.9 Å². The lowest BCUT2D eigenvalue weighted by Crippen LogP contribution is -2.14. The van der Waals surface area contributed by atoms with Crippen LogP contribution in [0.4, 0.5) is 0 Å². The molecule has 0 aliphatic rings. The third-order valence-electron chi connectivity index (χ3n) is 2.80. The molecular formula is C13H17BrN2. The van der Waals surface area contributed by atoms with Gasteiger partial charge in [0.1, 0.15) is 0 Å². The van der Waals surface area contributed by atoms with Gasteiger partial charge in [0, 0.05) is 16.1 Å². The van der Waals surface area contributed by atoms with E-state index in [4.69, 9.17) is 0 Å². The van der Waals surface area contributed by atoms with Gasteiger partial charge in [-0.05, 0) is 53.5 Å². The predicted octanol–water partition coefficient (Wildman–Crippen LogP) is 3.47. The monoisotopic (exact) mass is 280 g/mol. The second-order valence-corrected chi connectivity index (χ2v) is 4.79. The van der Waals surface area contributed by atoms with Crippen LogP contribution in [-0.2, 0) is 6.42 Å². The maximum absolute atomic E-state index is 3.56. The molecule has 2 aromatic rings. The lowest BCUT2D eigenvalue weighted by molar-refractivity contribution is 0.674. The molecular weight excluding hydrogens is 264 g/mol. The molecule has 0 radical (unpaired) electrons. The van der Waals surface area contributed by atoms with E-state index in [-0.39, 0.29) is 0 Å². The van der Waals surface area contributed by atoms with Crippen molar-refractivity contribution in [2.75, 3.05) is 13.1 Å². The highest BCUT2D eigenvalue weighted by atomic mass is 79.9. The molecule has 3 heteroatoms. The number of hydrogen-bond donors (Lipinski definition) is 2. The topological polar surface area (TPSA) is 27.8 Å².